The Kier molecular flexibility index (Phi) is 4.55. The van der Waals surface area contributed by atoms with Crippen LogP contribution in [0, 0.1) is 5.92 Å². The first kappa shape index (κ1) is 13.6. The molecule has 4 heteroatoms. The average molecular weight is 261 g/mol. The fourth-order valence-corrected chi connectivity index (χ4v) is 2.29. The van der Waals surface area contributed by atoms with Gasteiger partial charge < -0.3 is 9.64 Å². The van der Waals surface area contributed by atoms with Crippen LogP contribution in [-0.4, -0.2) is 36.5 Å². The van der Waals surface area contributed by atoms with E-state index in [1.807, 2.05) is 6.07 Å². The molecule has 0 radical (unpaired) electrons. The number of ether oxygens (including phenoxy) is 1. The van der Waals surface area contributed by atoms with Crippen LogP contribution in [-0.2, 0) is 9.53 Å². The minimum Gasteiger partial charge on any atom is -0.452 e. The summed E-state index contributed by atoms with van der Waals surface area (Å²) in [5.41, 5.74) is 0.474. The summed E-state index contributed by atoms with van der Waals surface area (Å²) in [4.78, 5) is 25.4. The van der Waals surface area contributed by atoms with Crippen LogP contribution >= 0.6 is 0 Å². The highest BCUT2D eigenvalue weighted by molar-refractivity contribution is 5.91. The summed E-state index contributed by atoms with van der Waals surface area (Å²) < 4.78 is 5.05. The highest BCUT2D eigenvalue weighted by Gasteiger charge is 2.21. The summed E-state index contributed by atoms with van der Waals surface area (Å²) in [6.45, 7) is 3.50. The Hall–Kier alpha value is -1.84. The number of carbonyl (C=O) groups is 2. The SMILES string of the molecule is CC1CCCN(C(=O)COC(=O)c2ccccc2)C1. The first-order valence-corrected chi connectivity index (χ1v) is 6.67. The molecule has 1 heterocycles. The molecule has 19 heavy (non-hydrogen) atoms. The standard InChI is InChI=1S/C15H19NO3/c1-12-6-5-9-16(10-12)14(17)11-19-15(18)13-7-3-2-4-8-13/h2-4,7-8,12H,5-6,9-11H2,1H3. The predicted octanol–water partition coefficient (Wildman–Crippen LogP) is 2.10. The molecular formula is C15H19NO3. The van der Waals surface area contributed by atoms with Crippen molar-refractivity contribution in [3.8, 4) is 0 Å². The number of benzene rings is 1. The van der Waals surface area contributed by atoms with Gasteiger partial charge in [-0.1, -0.05) is 25.1 Å². The zero-order valence-corrected chi connectivity index (χ0v) is 11.2. The number of nitrogens with zero attached hydrogens (tertiary/aromatic N) is 1. The first-order chi connectivity index (χ1) is 9.16. The van der Waals surface area contributed by atoms with Gasteiger partial charge in [-0.3, -0.25) is 4.79 Å². The molecule has 1 saturated heterocycles. The summed E-state index contributed by atoms with van der Waals surface area (Å²) in [6.07, 6.45) is 2.19. The molecule has 1 aromatic carbocycles. The number of piperidine rings is 1. The Morgan fingerprint density at radius 3 is 2.74 bits per heavy atom. The van der Waals surface area contributed by atoms with Crippen molar-refractivity contribution in [1.82, 2.24) is 4.90 Å². The van der Waals surface area contributed by atoms with E-state index in [9.17, 15) is 9.59 Å². The molecule has 1 amide bonds. The maximum atomic E-state index is 11.9. The number of hydrogen-bond acceptors (Lipinski definition) is 3. The zero-order valence-electron chi connectivity index (χ0n) is 11.2. The van der Waals surface area contributed by atoms with E-state index in [1.165, 1.54) is 0 Å². The van der Waals surface area contributed by atoms with Crippen LogP contribution < -0.4 is 0 Å². The van der Waals surface area contributed by atoms with Gasteiger partial charge in [0, 0.05) is 13.1 Å². The van der Waals surface area contributed by atoms with Crippen molar-refractivity contribution >= 4 is 11.9 Å². The molecular weight excluding hydrogens is 242 g/mol. The smallest absolute Gasteiger partial charge is 0.338 e. The summed E-state index contributed by atoms with van der Waals surface area (Å²) in [6, 6.07) is 8.72. The number of amides is 1. The van der Waals surface area contributed by atoms with E-state index in [1.54, 1.807) is 29.2 Å². The Balaban J connectivity index is 1.82. The highest BCUT2D eigenvalue weighted by atomic mass is 16.5. The number of hydrogen-bond donors (Lipinski definition) is 0. The predicted molar refractivity (Wildman–Crippen MR) is 71.7 cm³/mol. The van der Waals surface area contributed by atoms with Crippen LogP contribution in [0.3, 0.4) is 0 Å². The molecule has 0 aliphatic carbocycles. The van der Waals surface area contributed by atoms with Gasteiger partial charge >= 0.3 is 5.97 Å². The van der Waals surface area contributed by atoms with Gasteiger partial charge in [0.25, 0.3) is 5.91 Å². The summed E-state index contributed by atoms with van der Waals surface area (Å²) >= 11 is 0. The van der Waals surface area contributed by atoms with E-state index in [4.69, 9.17) is 4.74 Å². The number of esters is 1. The van der Waals surface area contributed by atoms with Crippen LogP contribution in [0.1, 0.15) is 30.1 Å². The third-order valence-corrected chi connectivity index (χ3v) is 3.35. The topological polar surface area (TPSA) is 46.6 Å². The van der Waals surface area contributed by atoms with Gasteiger partial charge in [-0.25, -0.2) is 4.79 Å². The van der Waals surface area contributed by atoms with Crippen molar-refractivity contribution in [2.45, 2.75) is 19.8 Å². The molecule has 0 aromatic heterocycles. The first-order valence-electron chi connectivity index (χ1n) is 6.67. The third-order valence-electron chi connectivity index (χ3n) is 3.35. The van der Waals surface area contributed by atoms with E-state index < -0.39 is 5.97 Å². The van der Waals surface area contributed by atoms with Crippen molar-refractivity contribution in [3.63, 3.8) is 0 Å². The van der Waals surface area contributed by atoms with Gasteiger partial charge in [-0.2, -0.15) is 0 Å². The van der Waals surface area contributed by atoms with E-state index in [2.05, 4.69) is 6.92 Å². The lowest BCUT2D eigenvalue weighted by atomic mass is 10.0. The molecule has 1 aliphatic rings. The molecule has 1 atom stereocenters. The lowest BCUT2D eigenvalue weighted by Crippen LogP contribution is -2.41. The van der Waals surface area contributed by atoms with Gasteiger partial charge in [-0.05, 0) is 30.9 Å². The normalized spacial score (nSPS) is 19.0. The van der Waals surface area contributed by atoms with Crippen molar-refractivity contribution in [3.05, 3.63) is 35.9 Å². The van der Waals surface area contributed by atoms with Crippen molar-refractivity contribution in [2.24, 2.45) is 5.92 Å². The highest BCUT2D eigenvalue weighted by Crippen LogP contribution is 2.15. The molecule has 0 spiro atoms. The summed E-state index contributed by atoms with van der Waals surface area (Å²) in [7, 11) is 0. The fraction of sp³-hybridized carbons (Fsp3) is 0.467. The summed E-state index contributed by atoms with van der Waals surface area (Å²) in [5.74, 6) is -0.0163. The van der Waals surface area contributed by atoms with Crippen molar-refractivity contribution in [2.75, 3.05) is 19.7 Å². The van der Waals surface area contributed by atoms with E-state index in [0.29, 0.717) is 11.5 Å². The lowest BCUT2D eigenvalue weighted by molar-refractivity contribution is -0.136. The van der Waals surface area contributed by atoms with Crippen molar-refractivity contribution < 1.29 is 14.3 Å². The van der Waals surface area contributed by atoms with Crippen LogP contribution in [0.4, 0.5) is 0 Å². The second-order valence-corrected chi connectivity index (χ2v) is 5.03. The maximum absolute atomic E-state index is 11.9. The molecule has 0 N–H and O–H groups in total. The van der Waals surface area contributed by atoms with Gasteiger partial charge in [0.2, 0.25) is 0 Å². The summed E-state index contributed by atoms with van der Waals surface area (Å²) in [5, 5.41) is 0. The molecule has 1 unspecified atom stereocenters. The average Bonchev–Trinajstić information content (AvgIpc) is 2.45. The monoisotopic (exact) mass is 261 g/mol. The van der Waals surface area contributed by atoms with E-state index in [0.717, 1.165) is 25.9 Å². The molecule has 0 saturated carbocycles. The molecule has 102 valence electrons. The molecule has 4 nitrogen and oxygen atoms in total. The van der Waals surface area contributed by atoms with Crippen molar-refractivity contribution in [1.29, 1.82) is 0 Å². The van der Waals surface area contributed by atoms with Gasteiger partial charge in [-0.15, -0.1) is 0 Å². The van der Waals surface area contributed by atoms with E-state index in [-0.39, 0.29) is 12.5 Å². The molecule has 1 aromatic rings. The molecule has 0 bridgehead atoms. The minimum absolute atomic E-state index is 0.101. The van der Waals surface area contributed by atoms with E-state index >= 15 is 0 Å². The van der Waals surface area contributed by atoms with Gasteiger partial charge in [0.05, 0.1) is 5.56 Å². The number of carbonyl (C=O) groups excluding carboxylic acids is 2. The third kappa shape index (κ3) is 3.81. The molecule has 1 fully saturated rings. The Morgan fingerprint density at radius 2 is 2.05 bits per heavy atom. The Morgan fingerprint density at radius 1 is 1.32 bits per heavy atom. The minimum atomic E-state index is -0.445. The van der Waals surface area contributed by atoms with Crippen LogP contribution in [0.5, 0.6) is 0 Å². The molecule has 2 rings (SSSR count). The quantitative estimate of drug-likeness (QED) is 0.783. The number of rotatable bonds is 3. The Labute approximate surface area is 113 Å². The van der Waals surface area contributed by atoms with Crippen LogP contribution in [0.15, 0.2) is 30.3 Å². The second kappa shape index (κ2) is 6.36. The zero-order chi connectivity index (χ0) is 13.7. The maximum Gasteiger partial charge on any atom is 0.338 e. The lowest BCUT2D eigenvalue weighted by Gasteiger charge is -2.30. The second-order valence-electron chi connectivity index (χ2n) is 5.03. The largest absolute Gasteiger partial charge is 0.452 e. The number of likely N-dealkylation sites (tertiary alicyclic amines) is 1. The van der Waals surface area contributed by atoms with Crippen LogP contribution in [0.25, 0.3) is 0 Å². The van der Waals surface area contributed by atoms with Gasteiger partial charge in [0.15, 0.2) is 6.61 Å². The van der Waals surface area contributed by atoms with Gasteiger partial charge in [0.1, 0.15) is 0 Å². The van der Waals surface area contributed by atoms with Crippen LogP contribution in [0.2, 0.25) is 0 Å². The fourth-order valence-electron chi connectivity index (χ4n) is 2.29. The molecule has 1 aliphatic heterocycles. The Bertz CT molecular complexity index is 444.